The van der Waals surface area contributed by atoms with E-state index >= 15 is 0 Å². The summed E-state index contributed by atoms with van der Waals surface area (Å²) in [5.41, 5.74) is 7.05. The molecule has 2 N–H and O–H groups in total. The minimum atomic E-state index is -4.64. The van der Waals surface area contributed by atoms with Crippen LogP contribution in [0.4, 0.5) is 33.6 Å². The molecular weight excluding hydrogens is 555 g/mol. The van der Waals surface area contributed by atoms with Crippen LogP contribution in [0.15, 0.2) is 60.7 Å². The van der Waals surface area contributed by atoms with E-state index in [1.54, 1.807) is 24.3 Å². The van der Waals surface area contributed by atoms with Gasteiger partial charge in [-0.05, 0) is 43.2 Å². The molecular formula is C30H29F5N6O. The van der Waals surface area contributed by atoms with E-state index in [2.05, 4.69) is 19.9 Å². The highest BCUT2D eigenvalue weighted by Gasteiger charge is 2.34. The molecule has 0 unspecified atom stereocenters. The van der Waals surface area contributed by atoms with E-state index in [1.807, 2.05) is 11.0 Å². The average Bonchev–Trinajstić information content (AvgIpc) is 2.95. The molecule has 42 heavy (non-hydrogen) atoms. The van der Waals surface area contributed by atoms with Gasteiger partial charge in [-0.1, -0.05) is 30.3 Å². The first kappa shape index (κ1) is 29.2. The van der Waals surface area contributed by atoms with Crippen molar-refractivity contribution in [1.29, 1.82) is 0 Å². The third-order valence-corrected chi connectivity index (χ3v) is 6.95. The molecule has 0 bridgehead atoms. The number of piperazine rings is 1. The number of aromatic nitrogens is 3. The van der Waals surface area contributed by atoms with Crippen molar-refractivity contribution in [1.82, 2.24) is 19.9 Å². The molecule has 2 aromatic carbocycles. The minimum Gasteiger partial charge on any atom is -0.477 e. The molecule has 220 valence electrons. The van der Waals surface area contributed by atoms with Crippen molar-refractivity contribution >= 4 is 11.6 Å². The molecule has 1 aliphatic heterocycles. The number of hydrogen-bond acceptors (Lipinski definition) is 7. The second-order valence-corrected chi connectivity index (χ2v) is 9.98. The molecule has 1 aliphatic rings. The van der Waals surface area contributed by atoms with Crippen molar-refractivity contribution in [2.75, 3.05) is 50.0 Å². The first-order valence-electron chi connectivity index (χ1n) is 13.4. The molecule has 0 aliphatic carbocycles. The zero-order valence-corrected chi connectivity index (χ0v) is 22.8. The second-order valence-electron chi connectivity index (χ2n) is 9.98. The lowest BCUT2D eigenvalue weighted by molar-refractivity contribution is -0.141. The molecule has 1 saturated heterocycles. The number of anilines is 2. The summed E-state index contributed by atoms with van der Waals surface area (Å²) < 4.78 is 74.4. The maximum atomic E-state index is 14.2. The van der Waals surface area contributed by atoms with Crippen molar-refractivity contribution in [3.05, 3.63) is 83.7 Å². The van der Waals surface area contributed by atoms with Crippen LogP contribution in [-0.4, -0.2) is 59.2 Å². The Kier molecular flexibility index (Phi) is 8.53. The number of hydrogen-bond donors (Lipinski definition) is 1. The van der Waals surface area contributed by atoms with Crippen LogP contribution < -0.4 is 15.4 Å². The topological polar surface area (TPSA) is 80.4 Å². The van der Waals surface area contributed by atoms with Crippen molar-refractivity contribution < 1.29 is 26.7 Å². The Balaban J connectivity index is 1.32. The number of nitrogen functional groups attached to an aromatic ring is 1. The molecule has 7 nitrogen and oxygen atoms in total. The first-order valence-corrected chi connectivity index (χ1v) is 13.4. The fourth-order valence-electron chi connectivity index (χ4n) is 4.99. The second kappa shape index (κ2) is 12.3. The normalized spacial score (nSPS) is 14.3. The fourth-order valence-corrected chi connectivity index (χ4v) is 4.99. The number of benzene rings is 2. The average molecular weight is 585 g/mol. The number of halogens is 5. The molecule has 2 aromatic heterocycles. The Bertz CT molecular complexity index is 1540. The lowest BCUT2D eigenvalue weighted by atomic mass is 9.99. The van der Waals surface area contributed by atoms with Crippen LogP contribution in [-0.2, 0) is 6.18 Å². The van der Waals surface area contributed by atoms with Gasteiger partial charge in [-0.15, -0.1) is 0 Å². The van der Waals surface area contributed by atoms with Crippen LogP contribution >= 0.6 is 0 Å². The zero-order valence-electron chi connectivity index (χ0n) is 22.8. The van der Waals surface area contributed by atoms with Gasteiger partial charge < -0.3 is 15.4 Å². The van der Waals surface area contributed by atoms with Crippen LogP contribution in [0, 0.1) is 18.6 Å². The van der Waals surface area contributed by atoms with E-state index in [-0.39, 0.29) is 29.7 Å². The molecule has 0 radical (unpaired) electrons. The molecule has 12 heteroatoms. The lowest BCUT2D eigenvalue weighted by Crippen LogP contribution is -2.47. The highest BCUT2D eigenvalue weighted by Crippen LogP contribution is 2.40. The van der Waals surface area contributed by atoms with Crippen LogP contribution in [0.2, 0.25) is 0 Å². The van der Waals surface area contributed by atoms with Crippen LogP contribution in [0.3, 0.4) is 0 Å². The van der Waals surface area contributed by atoms with Gasteiger partial charge in [0.25, 0.3) is 0 Å². The number of nitrogens with two attached hydrogens (primary N) is 1. The van der Waals surface area contributed by atoms with Gasteiger partial charge >= 0.3 is 6.18 Å². The first-order chi connectivity index (χ1) is 20.1. The molecule has 5 rings (SSSR count). The summed E-state index contributed by atoms with van der Waals surface area (Å²) in [5, 5.41) is 0. The highest BCUT2D eigenvalue weighted by atomic mass is 19.4. The standard InChI is InChI=1S/C30H29F5N6O/c1-19-16-21(17-25(37-19)30(33,34)35)26-27(20-6-3-2-4-7-20)38-29(36)39-28(26)42-15-5-10-40-11-13-41(14-12-40)24-9-8-22(31)18-23(24)32/h2-4,6-9,16-18H,5,10-15H2,1H3,(H2,36,38,39). The summed E-state index contributed by atoms with van der Waals surface area (Å²) in [6.45, 7) is 4.91. The Morgan fingerprint density at radius 3 is 2.31 bits per heavy atom. The van der Waals surface area contributed by atoms with Gasteiger partial charge in [-0.25, -0.2) is 18.7 Å². The predicted molar refractivity (Wildman–Crippen MR) is 150 cm³/mol. The number of aryl methyl sites for hydroxylation is 1. The minimum absolute atomic E-state index is 0.0708. The zero-order chi connectivity index (χ0) is 29.9. The molecule has 0 spiro atoms. The van der Waals surface area contributed by atoms with E-state index in [4.69, 9.17) is 10.5 Å². The monoisotopic (exact) mass is 584 g/mol. The third kappa shape index (κ3) is 6.76. The molecule has 1 fully saturated rings. The lowest BCUT2D eigenvalue weighted by Gasteiger charge is -2.36. The van der Waals surface area contributed by atoms with E-state index in [0.29, 0.717) is 61.7 Å². The van der Waals surface area contributed by atoms with Crippen molar-refractivity contribution in [2.24, 2.45) is 0 Å². The van der Waals surface area contributed by atoms with Gasteiger partial charge in [0.2, 0.25) is 11.8 Å². The van der Waals surface area contributed by atoms with Crippen molar-refractivity contribution in [3.8, 4) is 28.3 Å². The molecule has 0 amide bonds. The maximum absolute atomic E-state index is 14.2. The van der Waals surface area contributed by atoms with E-state index in [1.165, 1.54) is 25.1 Å². The largest absolute Gasteiger partial charge is 0.477 e. The van der Waals surface area contributed by atoms with Crippen LogP contribution in [0.25, 0.3) is 22.4 Å². The smallest absolute Gasteiger partial charge is 0.433 e. The molecule has 0 saturated carbocycles. The van der Waals surface area contributed by atoms with Gasteiger partial charge in [0.05, 0.1) is 23.6 Å². The maximum Gasteiger partial charge on any atom is 0.433 e. The summed E-state index contributed by atoms with van der Waals surface area (Å²) >= 11 is 0. The van der Waals surface area contributed by atoms with Crippen molar-refractivity contribution in [2.45, 2.75) is 19.5 Å². The van der Waals surface area contributed by atoms with E-state index < -0.39 is 23.5 Å². The van der Waals surface area contributed by atoms with Crippen LogP contribution in [0.5, 0.6) is 5.88 Å². The number of ether oxygens (including phenoxy) is 1. The third-order valence-electron chi connectivity index (χ3n) is 6.95. The van der Waals surface area contributed by atoms with Gasteiger partial charge in [0.1, 0.15) is 17.3 Å². The summed E-state index contributed by atoms with van der Waals surface area (Å²) in [5.74, 6) is -1.19. The van der Waals surface area contributed by atoms with E-state index in [0.717, 1.165) is 12.1 Å². The van der Waals surface area contributed by atoms with Crippen LogP contribution in [0.1, 0.15) is 17.8 Å². The number of nitrogens with zero attached hydrogens (tertiary/aromatic N) is 5. The number of rotatable bonds is 8. The Hall–Kier alpha value is -4.32. The summed E-state index contributed by atoms with van der Waals surface area (Å²) in [6.07, 6.45) is -4.05. The SMILES string of the molecule is Cc1cc(-c2c(OCCCN3CCN(c4ccc(F)cc4F)CC3)nc(N)nc2-c2ccccc2)cc(C(F)(F)F)n1. The van der Waals surface area contributed by atoms with Gasteiger partial charge in [0, 0.05) is 50.0 Å². The quantitative estimate of drug-likeness (QED) is 0.202. The van der Waals surface area contributed by atoms with Gasteiger partial charge in [0.15, 0.2) is 0 Å². The molecule has 3 heterocycles. The Labute approximate surface area is 239 Å². The summed E-state index contributed by atoms with van der Waals surface area (Å²) in [7, 11) is 0. The number of alkyl halides is 3. The summed E-state index contributed by atoms with van der Waals surface area (Å²) in [4.78, 5) is 16.4. The number of pyridine rings is 1. The highest BCUT2D eigenvalue weighted by molar-refractivity contribution is 5.85. The summed E-state index contributed by atoms with van der Waals surface area (Å²) in [6, 6.07) is 15.0. The fraction of sp³-hybridized carbons (Fsp3) is 0.300. The van der Waals surface area contributed by atoms with Gasteiger partial charge in [-0.3, -0.25) is 4.90 Å². The Morgan fingerprint density at radius 2 is 1.62 bits per heavy atom. The molecule has 4 aromatic rings. The van der Waals surface area contributed by atoms with E-state index in [9.17, 15) is 22.0 Å². The van der Waals surface area contributed by atoms with Gasteiger partial charge in [-0.2, -0.15) is 18.2 Å². The Morgan fingerprint density at radius 1 is 0.881 bits per heavy atom. The van der Waals surface area contributed by atoms with Crippen molar-refractivity contribution in [3.63, 3.8) is 0 Å². The predicted octanol–water partition coefficient (Wildman–Crippen LogP) is 5.98. The molecule has 0 atom stereocenters.